The molecule has 0 fully saturated rings. The quantitative estimate of drug-likeness (QED) is 0.751. The number of nitrogens with zero attached hydrogens (tertiary/aromatic N) is 1. The molecule has 0 bridgehead atoms. The number of ether oxygens (including phenoxy) is 1. The number of hydrogen-bond acceptors (Lipinski definition) is 3. The summed E-state index contributed by atoms with van der Waals surface area (Å²) < 4.78 is 5.74. The molecule has 1 heterocycles. The maximum Gasteiger partial charge on any atom is 0.303 e. The summed E-state index contributed by atoms with van der Waals surface area (Å²) in [6.45, 7) is 0.516. The standard InChI is InChI=1S/C18H19NO3/c20-18(21)10-4-6-14-22-17-9-2-1-7-15(17)11-12-16-8-3-5-13-19-16/h1-3,5,7-9,11-13H,4,6,10,14H2,(H,20,21). The first-order chi connectivity index (χ1) is 10.8. The van der Waals surface area contributed by atoms with Gasteiger partial charge in [0.25, 0.3) is 0 Å². The number of carboxylic acid groups (broad SMARTS) is 1. The van der Waals surface area contributed by atoms with Crippen LogP contribution in [-0.2, 0) is 4.79 Å². The molecule has 1 aromatic heterocycles. The minimum absolute atomic E-state index is 0.185. The summed E-state index contributed by atoms with van der Waals surface area (Å²) in [5, 5.41) is 8.60. The van der Waals surface area contributed by atoms with E-state index in [-0.39, 0.29) is 6.42 Å². The predicted molar refractivity (Wildman–Crippen MR) is 86.6 cm³/mol. The molecule has 1 N–H and O–H groups in total. The van der Waals surface area contributed by atoms with Crippen LogP contribution in [0.4, 0.5) is 0 Å². The number of hydrogen-bond donors (Lipinski definition) is 1. The van der Waals surface area contributed by atoms with E-state index in [0.29, 0.717) is 13.0 Å². The van der Waals surface area contributed by atoms with Gasteiger partial charge in [-0.15, -0.1) is 0 Å². The average Bonchev–Trinajstić information content (AvgIpc) is 2.54. The van der Waals surface area contributed by atoms with Crippen molar-refractivity contribution < 1.29 is 14.6 Å². The van der Waals surface area contributed by atoms with Crippen LogP contribution in [0.25, 0.3) is 12.2 Å². The molecule has 0 aliphatic carbocycles. The van der Waals surface area contributed by atoms with Crippen molar-refractivity contribution in [3.63, 3.8) is 0 Å². The smallest absolute Gasteiger partial charge is 0.303 e. The molecule has 22 heavy (non-hydrogen) atoms. The van der Waals surface area contributed by atoms with Crippen molar-refractivity contribution in [2.75, 3.05) is 6.61 Å². The molecule has 2 aromatic rings. The first kappa shape index (κ1) is 15.8. The van der Waals surface area contributed by atoms with E-state index in [0.717, 1.165) is 23.4 Å². The molecule has 0 saturated carbocycles. The predicted octanol–water partition coefficient (Wildman–Crippen LogP) is 3.89. The van der Waals surface area contributed by atoms with E-state index in [1.165, 1.54) is 0 Å². The fourth-order valence-electron chi connectivity index (χ4n) is 1.96. The minimum atomic E-state index is -0.765. The van der Waals surface area contributed by atoms with Crippen molar-refractivity contribution in [2.24, 2.45) is 0 Å². The molecular formula is C18H19NO3. The molecule has 0 aliphatic heterocycles. The lowest BCUT2D eigenvalue weighted by Crippen LogP contribution is -2.01. The number of aromatic nitrogens is 1. The Bertz CT molecular complexity index is 623. The van der Waals surface area contributed by atoms with Crippen molar-refractivity contribution in [1.82, 2.24) is 4.98 Å². The summed E-state index contributed by atoms with van der Waals surface area (Å²) in [6, 6.07) is 13.5. The van der Waals surface area contributed by atoms with Crippen LogP contribution in [0.1, 0.15) is 30.5 Å². The van der Waals surface area contributed by atoms with Gasteiger partial charge in [-0.1, -0.05) is 24.3 Å². The highest BCUT2D eigenvalue weighted by Gasteiger charge is 2.01. The first-order valence-corrected chi connectivity index (χ1v) is 7.28. The second-order valence-electron chi connectivity index (χ2n) is 4.83. The van der Waals surface area contributed by atoms with Crippen molar-refractivity contribution in [3.8, 4) is 5.75 Å². The van der Waals surface area contributed by atoms with Crippen molar-refractivity contribution in [3.05, 3.63) is 59.9 Å². The van der Waals surface area contributed by atoms with E-state index in [2.05, 4.69) is 4.98 Å². The Labute approximate surface area is 130 Å². The summed E-state index contributed by atoms with van der Waals surface area (Å²) in [5.74, 6) is 0.0312. The number of carbonyl (C=O) groups is 1. The van der Waals surface area contributed by atoms with Crippen LogP contribution in [-0.4, -0.2) is 22.7 Å². The largest absolute Gasteiger partial charge is 0.493 e. The van der Waals surface area contributed by atoms with Gasteiger partial charge in [-0.25, -0.2) is 0 Å². The molecule has 0 aliphatic rings. The summed E-state index contributed by atoms with van der Waals surface area (Å²) in [4.78, 5) is 14.7. The normalized spacial score (nSPS) is 10.7. The zero-order valence-corrected chi connectivity index (χ0v) is 12.3. The number of para-hydroxylation sites is 1. The number of aliphatic carboxylic acids is 1. The molecule has 4 heteroatoms. The van der Waals surface area contributed by atoms with Crippen molar-refractivity contribution in [2.45, 2.75) is 19.3 Å². The third kappa shape index (κ3) is 5.40. The van der Waals surface area contributed by atoms with Crippen LogP contribution in [0.5, 0.6) is 5.75 Å². The Morgan fingerprint density at radius 1 is 1.09 bits per heavy atom. The van der Waals surface area contributed by atoms with E-state index >= 15 is 0 Å². The van der Waals surface area contributed by atoms with Gasteiger partial charge in [0.1, 0.15) is 5.75 Å². The third-order valence-electron chi connectivity index (χ3n) is 3.08. The molecule has 1 aromatic carbocycles. The van der Waals surface area contributed by atoms with Gasteiger partial charge in [0.2, 0.25) is 0 Å². The Morgan fingerprint density at radius 3 is 2.68 bits per heavy atom. The van der Waals surface area contributed by atoms with E-state index < -0.39 is 5.97 Å². The SMILES string of the molecule is O=C(O)CCCCOc1ccccc1C=Cc1ccccn1. The maximum absolute atomic E-state index is 10.5. The first-order valence-electron chi connectivity index (χ1n) is 7.28. The highest BCUT2D eigenvalue weighted by atomic mass is 16.5. The molecular weight excluding hydrogens is 278 g/mol. The van der Waals surface area contributed by atoms with Gasteiger partial charge in [-0.05, 0) is 43.2 Å². The van der Waals surface area contributed by atoms with Gasteiger partial charge in [0, 0.05) is 18.2 Å². The Balaban J connectivity index is 1.92. The van der Waals surface area contributed by atoms with E-state index in [9.17, 15) is 4.79 Å². The van der Waals surface area contributed by atoms with Crippen LogP contribution >= 0.6 is 0 Å². The number of pyridine rings is 1. The van der Waals surface area contributed by atoms with Gasteiger partial charge >= 0.3 is 5.97 Å². The molecule has 2 rings (SSSR count). The monoisotopic (exact) mass is 297 g/mol. The number of benzene rings is 1. The van der Waals surface area contributed by atoms with Gasteiger partial charge in [0.05, 0.1) is 12.3 Å². The summed E-state index contributed by atoms with van der Waals surface area (Å²) in [7, 11) is 0. The lowest BCUT2D eigenvalue weighted by Gasteiger charge is -2.08. The zero-order valence-electron chi connectivity index (χ0n) is 12.3. The van der Waals surface area contributed by atoms with Crippen LogP contribution in [0, 0.1) is 0 Å². The van der Waals surface area contributed by atoms with Crippen LogP contribution in [0.2, 0.25) is 0 Å². The van der Waals surface area contributed by atoms with Crippen LogP contribution in [0.3, 0.4) is 0 Å². The van der Waals surface area contributed by atoms with Crippen molar-refractivity contribution >= 4 is 18.1 Å². The highest BCUT2D eigenvalue weighted by molar-refractivity contribution is 5.71. The summed E-state index contributed by atoms with van der Waals surface area (Å²) in [5.41, 5.74) is 1.87. The maximum atomic E-state index is 10.5. The second kappa shape index (κ2) is 8.62. The van der Waals surface area contributed by atoms with E-state index in [1.54, 1.807) is 6.20 Å². The highest BCUT2D eigenvalue weighted by Crippen LogP contribution is 2.20. The van der Waals surface area contributed by atoms with Crippen molar-refractivity contribution in [1.29, 1.82) is 0 Å². The summed E-state index contributed by atoms with van der Waals surface area (Å²) in [6.07, 6.45) is 7.20. The Kier molecular flexibility index (Phi) is 6.18. The third-order valence-corrected chi connectivity index (χ3v) is 3.08. The van der Waals surface area contributed by atoms with E-state index in [4.69, 9.17) is 9.84 Å². The molecule has 0 radical (unpaired) electrons. The van der Waals surface area contributed by atoms with Crippen LogP contribution < -0.4 is 4.74 Å². The Morgan fingerprint density at radius 2 is 1.91 bits per heavy atom. The zero-order chi connectivity index (χ0) is 15.6. The van der Waals surface area contributed by atoms with Gasteiger partial charge < -0.3 is 9.84 Å². The van der Waals surface area contributed by atoms with Gasteiger partial charge in [0.15, 0.2) is 0 Å². The average molecular weight is 297 g/mol. The lowest BCUT2D eigenvalue weighted by atomic mass is 10.1. The van der Waals surface area contributed by atoms with Gasteiger partial charge in [-0.3, -0.25) is 9.78 Å². The van der Waals surface area contributed by atoms with E-state index in [1.807, 2.05) is 54.6 Å². The fraction of sp³-hybridized carbons (Fsp3) is 0.222. The second-order valence-corrected chi connectivity index (χ2v) is 4.83. The summed E-state index contributed by atoms with van der Waals surface area (Å²) >= 11 is 0. The lowest BCUT2D eigenvalue weighted by molar-refractivity contribution is -0.137. The minimum Gasteiger partial charge on any atom is -0.493 e. The molecule has 0 saturated heterocycles. The van der Waals surface area contributed by atoms with Gasteiger partial charge in [-0.2, -0.15) is 0 Å². The molecule has 0 amide bonds. The molecule has 4 nitrogen and oxygen atoms in total. The number of unbranched alkanes of at least 4 members (excludes halogenated alkanes) is 1. The molecule has 0 atom stereocenters. The molecule has 114 valence electrons. The van der Waals surface area contributed by atoms with Crippen LogP contribution in [0.15, 0.2) is 48.7 Å². The molecule has 0 unspecified atom stereocenters. The number of carboxylic acids is 1. The molecule has 0 spiro atoms. The number of rotatable bonds is 8. The fourth-order valence-corrected chi connectivity index (χ4v) is 1.96. The Hall–Kier alpha value is -2.62. The topological polar surface area (TPSA) is 59.4 Å².